The Hall–Kier alpha value is -1.37. The van der Waals surface area contributed by atoms with Crippen molar-refractivity contribution in [2.75, 3.05) is 33.4 Å². The average Bonchev–Trinajstić information content (AvgIpc) is 2.87. The van der Waals surface area contributed by atoms with Crippen molar-refractivity contribution in [1.82, 2.24) is 15.2 Å². The number of aromatic nitrogens is 1. The van der Waals surface area contributed by atoms with E-state index in [1.165, 1.54) is 5.56 Å². The van der Waals surface area contributed by atoms with Crippen LogP contribution in [0.15, 0.2) is 6.07 Å². The fraction of sp³-hybridized carbons (Fsp3) is 0.600. The van der Waals surface area contributed by atoms with Crippen molar-refractivity contribution in [3.8, 4) is 5.88 Å². The fourth-order valence-electron chi connectivity index (χ4n) is 3.90. The molecular weight excluding hydrogens is 306 g/mol. The fourth-order valence-corrected chi connectivity index (χ4v) is 4.11. The van der Waals surface area contributed by atoms with Gasteiger partial charge in [0.15, 0.2) is 0 Å². The van der Waals surface area contributed by atoms with E-state index in [1.54, 1.807) is 7.11 Å². The first kappa shape index (κ1) is 14.2. The van der Waals surface area contributed by atoms with Gasteiger partial charge in [-0.1, -0.05) is 11.6 Å². The molecule has 2 saturated heterocycles. The van der Waals surface area contributed by atoms with Gasteiger partial charge in [-0.2, -0.15) is 0 Å². The van der Waals surface area contributed by atoms with E-state index in [0.29, 0.717) is 17.6 Å². The number of ether oxygens (including phenoxy) is 2. The SMILES string of the molecule is COc1nc(Cl)cc2c1[C@@H](N1CC3(COCC(=O)N3)C1)CC2. The van der Waals surface area contributed by atoms with Crippen LogP contribution in [0.2, 0.25) is 5.15 Å². The van der Waals surface area contributed by atoms with E-state index in [0.717, 1.165) is 31.5 Å². The molecule has 0 aromatic carbocycles. The zero-order chi connectivity index (χ0) is 15.3. The first-order valence-electron chi connectivity index (χ1n) is 7.46. The second kappa shape index (κ2) is 5.08. The molecule has 1 aromatic heterocycles. The summed E-state index contributed by atoms with van der Waals surface area (Å²) in [6.07, 6.45) is 2.00. The molecule has 6 nitrogen and oxygen atoms in total. The second-order valence-corrected chi connectivity index (χ2v) is 6.70. The molecule has 0 bridgehead atoms. The molecule has 2 aliphatic heterocycles. The van der Waals surface area contributed by atoms with Gasteiger partial charge in [-0.05, 0) is 24.5 Å². The van der Waals surface area contributed by atoms with Crippen LogP contribution in [-0.4, -0.2) is 54.7 Å². The summed E-state index contributed by atoms with van der Waals surface area (Å²) in [5.74, 6) is 0.596. The van der Waals surface area contributed by atoms with Crippen LogP contribution in [-0.2, 0) is 16.0 Å². The highest BCUT2D eigenvalue weighted by Crippen LogP contribution is 2.44. The van der Waals surface area contributed by atoms with Crippen molar-refractivity contribution >= 4 is 17.5 Å². The van der Waals surface area contributed by atoms with Crippen molar-refractivity contribution in [2.45, 2.75) is 24.4 Å². The number of hydrogen-bond acceptors (Lipinski definition) is 5. The highest BCUT2D eigenvalue weighted by molar-refractivity contribution is 6.29. The van der Waals surface area contributed by atoms with E-state index in [1.807, 2.05) is 6.07 Å². The number of rotatable bonds is 2. The maximum Gasteiger partial charge on any atom is 0.246 e. The van der Waals surface area contributed by atoms with Crippen LogP contribution in [0.25, 0.3) is 0 Å². The Bertz CT molecular complexity index is 631. The Kier molecular flexibility index (Phi) is 3.29. The molecule has 1 spiro atoms. The van der Waals surface area contributed by atoms with Gasteiger partial charge >= 0.3 is 0 Å². The molecule has 3 aliphatic rings. The predicted octanol–water partition coefficient (Wildman–Crippen LogP) is 0.932. The Morgan fingerprint density at radius 1 is 1.55 bits per heavy atom. The van der Waals surface area contributed by atoms with Crippen LogP contribution in [0.4, 0.5) is 0 Å². The lowest BCUT2D eigenvalue weighted by Gasteiger charge is -2.54. The topological polar surface area (TPSA) is 63.7 Å². The van der Waals surface area contributed by atoms with E-state index < -0.39 is 0 Å². The number of pyridine rings is 1. The minimum atomic E-state index is -0.217. The summed E-state index contributed by atoms with van der Waals surface area (Å²) in [6.45, 7) is 2.36. The molecule has 1 aliphatic carbocycles. The van der Waals surface area contributed by atoms with Crippen molar-refractivity contribution < 1.29 is 14.3 Å². The molecule has 2 fully saturated rings. The summed E-state index contributed by atoms with van der Waals surface area (Å²) in [4.78, 5) is 18.2. The molecule has 1 amide bonds. The summed E-state index contributed by atoms with van der Waals surface area (Å²) in [7, 11) is 1.63. The number of nitrogens with zero attached hydrogens (tertiary/aromatic N) is 2. The van der Waals surface area contributed by atoms with Gasteiger partial charge in [0.1, 0.15) is 11.8 Å². The number of amides is 1. The molecular formula is C15H18ClN3O3. The third-order valence-electron chi connectivity index (χ3n) is 4.76. The minimum Gasteiger partial charge on any atom is -0.481 e. The van der Waals surface area contributed by atoms with Crippen LogP contribution in [0, 0.1) is 0 Å². The van der Waals surface area contributed by atoms with E-state index in [2.05, 4.69) is 15.2 Å². The van der Waals surface area contributed by atoms with Gasteiger partial charge in [-0.25, -0.2) is 4.98 Å². The van der Waals surface area contributed by atoms with Gasteiger partial charge in [0.05, 0.1) is 19.3 Å². The number of hydrogen-bond donors (Lipinski definition) is 1. The minimum absolute atomic E-state index is 0.0243. The number of halogens is 1. The maximum atomic E-state index is 11.5. The molecule has 4 rings (SSSR count). The van der Waals surface area contributed by atoms with Crippen LogP contribution in [0.3, 0.4) is 0 Å². The molecule has 0 radical (unpaired) electrons. The smallest absolute Gasteiger partial charge is 0.246 e. The Morgan fingerprint density at radius 3 is 3.09 bits per heavy atom. The number of fused-ring (bicyclic) bond motifs is 1. The van der Waals surface area contributed by atoms with Crippen molar-refractivity contribution in [3.63, 3.8) is 0 Å². The number of carbonyl (C=O) groups excluding carboxylic acids is 1. The maximum absolute atomic E-state index is 11.5. The zero-order valence-electron chi connectivity index (χ0n) is 12.4. The van der Waals surface area contributed by atoms with Crippen LogP contribution < -0.4 is 10.1 Å². The Balaban J connectivity index is 1.55. The standard InChI is InChI=1S/C15H18ClN3O3/c1-21-14-13-9(4-11(16)17-14)2-3-10(13)19-6-15(7-19)8-22-5-12(20)18-15/h4,10H,2-3,5-8H2,1H3,(H,18,20)/t10-/m0/s1. The molecule has 1 atom stereocenters. The van der Waals surface area contributed by atoms with Gasteiger partial charge in [0.2, 0.25) is 11.8 Å². The number of aryl methyl sites for hydroxylation is 1. The van der Waals surface area contributed by atoms with Gasteiger partial charge in [-0.15, -0.1) is 0 Å². The molecule has 7 heteroatoms. The van der Waals surface area contributed by atoms with Gasteiger partial charge in [0.25, 0.3) is 0 Å². The third kappa shape index (κ3) is 2.17. The van der Waals surface area contributed by atoms with Gasteiger partial charge in [0, 0.05) is 24.7 Å². The number of carbonyl (C=O) groups is 1. The molecule has 3 heterocycles. The molecule has 1 N–H and O–H groups in total. The van der Waals surface area contributed by atoms with Crippen molar-refractivity contribution in [1.29, 1.82) is 0 Å². The second-order valence-electron chi connectivity index (χ2n) is 6.31. The van der Waals surface area contributed by atoms with Crippen LogP contribution in [0.5, 0.6) is 5.88 Å². The summed E-state index contributed by atoms with van der Waals surface area (Å²) in [5.41, 5.74) is 2.14. The monoisotopic (exact) mass is 323 g/mol. The summed E-state index contributed by atoms with van der Waals surface area (Å²) < 4.78 is 10.8. The zero-order valence-corrected chi connectivity index (χ0v) is 13.2. The first-order valence-corrected chi connectivity index (χ1v) is 7.84. The Morgan fingerprint density at radius 2 is 2.36 bits per heavy atom. The van der Waals surface area contributed by atoms with Crippen LogP contribution in [0.1, 0.15) is 23.6 Å². The number of methoxy groups -OCH3 is 1. The first-order chi connectivity index (χ1) is 10.6. The van der Waals surface area contributed by atoms with Crippen molar-refractivity contribution in [2.24, 2.45) is 0 Å². The number of likely N-dealkylation sites (tertiary alicyclic amines) is 1. The van der Waals surface area contributed by atoms with E-state index >= 15 is 0 Å². The van der Waals surface area contributed by atoms with E-state index in [9.17, 15) is 4.79 Å². The van der Waals surface area contributed by atoms with E-state index in [-0.39, 0.29) is 24.1 Å². The lowest BCUT2D eigenvalue weighted by atomic mass is 9.87. The van der Waals surface area contributed by atoms with Gasteiger partial charge < -0.3 is 14.8 Å². The summed E-state index contributed by atoms with van der Waals surface area (Å²) in [6, 6.07) is 2.21. The molecule has 0 saturated carbocycles. The highest BCUT2D eigenvalue weighted by atomic mass is 35.5. The van der Waals surface area contributed by atoms with Gasteiger partial charge in [-0.3, -0.25) is 9.69 Å². The van der Waals surface area contributed by atoms with E-state index in [4.69, 9.17) is 21.1 Å². The average molecular weight is 324 g/mol. The molecule has 1 aromatic rings. The molecule has 0 unspecified atom stereocenters. The molecule has 118 valence electrons. The summed E-state index contributed by atoms with van der Waals surface area (Å²) >= 11 is 6.05. The summed E-state index contributed by atoms with van der Waals surface area (Å²) in [5, 5.41) is 3.55. The third-order valence-corrected chi connectivity index (χ3v) is 4.95. The lowest BCUT2D eigenvalue weighted by Crippen LogP contribution is -2.74. The Labute approximate surface area is 133 Å². The number of morpholine rings is 1. The predicted molar refractivity (Wildman–Crippen MR) is 80.1 cm³/mol. The van der Waals surface area contributed by atoms with Crippen molar-refractivity contribution in [3.05, 3.63) is 22.3 Å². The normalized spacial score (nSPS) is 26.5. The number of nitrogens with one attached hydrogen (secondary N) is 1. The quantitative estimate of drug-likeness (QED) is 0.820. The largest absolute Gasteiger partial charge is 0.481 e. The molecule has 22 heavy (non-hydrogen) atoms. The van der Waals surface area contributed by atoms with Crippen LogP contribution >= 0.6 is 11.6 Å². The lowest BCUT2D eigenvalue weighted by molar-refractivity contribution is -0.145. The highest BCUT2D eigenvalue weighted by Gasteiger charge is 2.50.